The number of hydrogen-bond acceptors (Lipinski definition) is 7. The molecule has 218 valence electrons. The van der Waals surface area contributed by atoms with Crippen molar-refractivity contribution in [3.63, 3.8) is 0 Å². The molecule has 0 bridgehead atoms. The number of aromatic nitrogens is 2. The molecular weight excluding hydrogens is 550 g/mol. The van der Waals surface area contributed by atoms with Crippen molar-refractivity contribution >= 4 is 23.4 Å². The lowest BCUT2D eigenvalue weighted by molar-refractivity contribution is -0.136. The second-order valence-electron chi connectivity index (χ2n) is 10.2. The van der Waals surface area contributed by atoms with Crippen LogP contribution in [0.5, 0.6) is 11.5 Å². The van der Waals surface area contributed by atoms with Gasteiger partial charge in [-0.25, -0.2) is 9.79 Å². The molecule has 2 aromatic carbocycles. The van der Waals surface area contributed by atoms with E-state index in [2.05, 4.69) is 61.5 Å². The van der Waals surface area contributed by atoms with Crippen molar-refractivity contribution < 1.29 is 19.0 Å². The Hall–Kier alpha value is -4.37. The smallest absolute Gasteiger partial charge is 0.337 e. The minimum absolute atomic E-state index is 0.235. The van der Waals surface area contributed by atoms with Gasteiger partial charge in [0.05, 0.1) is 36.5 Å². The van der Waals surface area contributed by atoms with Crippen molar-refractivity contribution in [2.24, 2.45) is 4.99 Å². The monoisotopic (exact) mass is 585 g/mol. The van der Waals surface area contributed by atoms with Crippen molar-refractivity contribution in [3.8, 4) is 17.2 Å². The molecule has 0 aliphatic carbocycles. The van der Waals surface area contributed by atoms with Crippen LogP contribution in [-0.2, 0) is 9.53 Å². The zero-order valence-corrected chi connectivity index (χ0v) is 25.8. The van der Waals surface area contributed by atoms with Gasteiger partial charge in [0.2, 0.25) is 0 Å². The van der Waals surface area contributed by atoms with E-state index in [1.54, 1.807) is 10.6 Å². The third kappa shape index (κ3) is 5.20. The Labute approximate surface area is 248 Å². The fourth-order valence-corrected chi connectivity index (χ4v) is 6.45. The molecule has 0 unspecified atom stereocenters. The first kappa shape index (κ1) is 29.1. The number of ether oxygens (including phenoxy) is 3. The van der Waals surface area contributed by atoms with Gasteiger partial charge in [-0.1, -0.05) is 35.1 Å². The van der Waals surface area contributed by atoms with E-state index in [-0.39, 0.29) is 11.1 Å². The molecule has 5 rings (SSSR count). The Kier molecular flexibility index (Phi) is 8.22. The largest absolute Gasteiger partial charge is 0.490 e. The molecule has 9 heteroatoms. The first-order valence-corrected chi connectivity index (χ1v) is 14.8. The minimum atomic E-state index is -0.742. The Bertz CT molecular complexity index is 1890. The maximum atomic E-state index is 14.0. The highest BCUT2D eigenvalue weighted by Gasteiger charge is 2.31. The van der Waals surface area contributed by atoms with Crippen LogP contribution in [0.3, 0.4) is 0 Å². The number of fused-ring (bicyclic) bond motifs is 1. The van der Waals surface area contributed by atoms with Gasteiger partial charge in [0.15, 0.2) is 16.3 Å². The molecule has 1 atom stereocenters. The number of carbonyl (C=O) groups is 1. The highest BCUT2D eigenvalue weighted by Crippen LogP contribution is 2.35. The summed E-state index contributed by atoms with van der Waals surface area (Å²) >= 11 is 1.29. The van der Waals surface area contributed by atoms with Gasteiger partial charge >= 0.3 is 5.97 Å². The number of hydrogen-bond donors (Lipinski definition) is 0. The number of rotatable bonds is 8. The van der Waals surface area contributed by atoms with E-state index >= 15 is 0 Å². The molecule has 0 N–H and O–H groups in total. The molecular formula is C33H35N3O5S. The van der Waals surface area contributed by atoms with E-state index in [1.807, 2.05) is 32.1 Å². The average molecular weight is 586 g/mol. The number of benzene rings is 2. The van der Waals surface area contributed by atoms with Gasteiger partial charge in [-0.2, -0.15) is 0 Å². The van der Waals surface area contributed by atoms with Crippen LogP contribution in [0.2, 0.25) is 0 Å². The van der Waals surface area contributed by atoms with Gasteiger partial charge in [-0.3, -0.25) is 9.36 Å². The molecule has 0 saturated heterocycles. The first-order chi connectivity index (χ1) is 20.2. The van der Waals surface area contributed by atoms with Crippen molar-refractivity contribution in [1.29, 1.82) is 0 Å². The van der Waals surface area contributed by atoms with E-state index in [4.69, 9.17) is 14.2 Å². The number of aryl methyl sites for hydroxylation is 3. The van der Waals surface area contributed by atoms with Crippen LogP contribution in [0.4, 0.5) is 0 Å². The summed E-state index contributed by atoms with van der Waals surface area (Å²) in [7, 11) is 1.32. The second-order valence-corrected chi connectivity index (χ2v) is 11.2. The summed E-state index contributed by atoms with van der Waals surface area (Å²) in [5.41, 5.74) is 7.27. The van der Waals surface area contributed by atoms with Gasteiger partial charge in [-0.15, -0.1) is 0 Å². The molecule has 0 saturated carbocycles. The molecule has 0 spiro atoms. The summed E-state index contributed by atoms with van der Waals surface area (Å²) < 4.78 is 21.0. The number of nitrogens with zero attached hydrogens (tertiary/aromatic N) is 3. The SMILES string of the molecule is CCOc1ccc([C@@H]2C(C(=O)OC)=CN=c3s/c(=C\c4cc(C)n(-c5ccc(C)cc5C)c4C)c(=O)n32)cc1OCC. The summed E-state index contributed by atoms with van der Waals surface area (Å²) in [5.74, 6) is 0.583. The van der Waals surface area contributed by atoms with Crippen molar-refractivity contribution in [2.75, 3.05) is 20.3 Å². The van der Waals surface area contributed by atoms with Crippen LogP contribution < -0.4 is 24.4 Å². The van der Waals surface area contributed by atoms with E-state index in [1.165, 1.54) is 35.8 Å². The Balaban J connectivity index is 1.66. The number of esters is 1. The summed E-state index contributed by atoms with van der Waals surface area (Å²) in [5, 5.41) is 0. The summed E-state index contributed by atoms with van der Waals surface area (Å²) in [4.78, 5) is 31.9. The van der Waals surface area contributed by atoms with E-state index in [0.717, 1.165) is 22.6 Å². The fourth-order valence-electron chi connectivity index (χ4n) is 5.49. The summed E-state index contributed by atoms with van der Waals surface area (Å²) in [6.45, 7) is 13.0. The van der Waals surface area contributed by atoms with Gasteiger partial charge in [0.1, 0.15) is 0 Å². The molecule has 0 fully saturated rings. The zero-order valence-electron chi connectivity index (χ0n) is 25.0. The van der Waals surface area contributed by atoms with Crippen LogP contribution in [0.1, 0.15) is 53.5 Å². The Morgan fingerprint density at radius 2 is 1.74 bits per heavy atom. The van der Waals surface area contributed by atoms with Crippen LogP contribution in [0, 0.1) is 27.7 Å². The normalized spacial score (nSPS) is 14.7. The summed E-state index contributed by atoms with van der Waals surface area (Å²) in [6, 6.07) is 13.2. The lowest BCUT2D eigenvalue weighted by atomic mass is 9.97. The Morgan fingerprint density at radius 3 is 2.43 bits per heavy atom. The third-order valence-corrected chi connectivity index (χ3v) is 8.36. The lowest BCUT2D eigenvalue weighted by Crippen LogP contribution is -2.39. The van der Waals surface area contributed by atoms with Gasteiger partial charge < -0.3 is 18.8 Å². The highest BCUT2D eigenvalue weighted by molar-refractivity contribution is 7.07. The third-order valence-electron chi connectivity index (χ3n) is 7.36. The van der Waals surface area contributed by atoms with Crippen LogP contribution >= 0.6 is 11.3 Å². The van der Waals surface area contributed by atoms with Crippen LogP contribution in [0.15, 0.2) is 64.0 Å². The second kappa shape index (κ2) is 11.9. The fraction of sp³-hybridized carbons (Fsp3) is 0.303. The predicted molar refractivity (Wildman–Crippen MR) is 165 cm³/mol. The highest BCUT2D eigenvalue weighted by atomic mass is 32.1. The van der Waals surface area contributed by atoms with E-state index in [9.17, 15) is 9.59 Å². The van der Waals surface area contributed by atoms with Gasteiger partial charge in [0.25, 0.3) is 5.56 Å². The molecule has 2 aromatic heterocycles. The van der Waals surface area contributed by atoms with Gasteiger partial charge in [-0.05, 0) is 88.6 Å². The van der Waals surface area contributed by atoms with Gasteiger partial charge in [0, 0.05) is 23.3 Å². The molecule has 0 amide bonds. The zero-order chi connectivity index (χ0) is 30.1. The number of methoxy groups -OCH3 is 1. The number of carbonyl (C=O) groups excluding carboxylic acids is 1. The summed E-state index contributed by atoms with van der Waals surface area (Å²) in [6.07, 6.45) is 3.41. The molecule has 8 nitrogen and oxygen atoms in total. The average Bonchev–Trinajstić information content (AvgIpc) is 3.43. The predicted octanol–water partition coefficient (Wildman–Crippen LogP) is 4.84. The minimum Gasteiger partial charge on any atom is -0.490 e. The van der Waals surface area contributed by atoms with Crippen molar-refractivity contribution in [2.45, 2.75) is 47.6 Å². The van der Waals surface area contributed by atoms with Crippen molar-refractivity contribution in [3.05, 3.63) is 108 Å². The van der Waals surface area contributed by atoms with Crippen LogP contribution in [0.25, 0.3) is 11.8 Å². The Morgan fingerprint density at radius 1 is 1.00 bits per heavy atom. The molecule has 42 heavy (non-hydrogen) atoms. The standard InChI is InChI=1S/C33H35N3O5S/c1-8-40-27-13-11-23(16-28(27)41-9-2)30-25(32(38)39-7)18-34-33-36(30)31(37)29(42-33)17-24-15-21(5)35(22(24)6)26-12-10-19(3)14-20(26)4/h10-18,30H,8-9H2,1-7H3/b29-17-/t30-/m1/s1. The molecule has 4 aromatic rings. The molecule has 0 radical (unpaired) electrons. The molecule has 1 aliphatic heterocycles. The van der Waals surface area contributed by atoms with E-state index in [0.29, 0.717) is 39.6 Å². The molecule has 1 aliphatic rings. The van der Waals surface area contributed by atoms with Crippen LogP contribution in [-0.4, -0.2) is 35.4 Å². The quantitative estimate of drug-likeness (QED) is 0.277. The molecule has 3 heterocycles. The first-order valence-electron chi connectivity index (χ1n) is 13.9. The van der Waals surface area contributed by atoms with E-state index < -0.39 is 12.0 Å². The number of thiazole rings is 1. The lowest BCUT2D eigenvalue weighted by Gasteiger charge is -2.23. The van der Waals surface area contributed by atoms with Crippen molar-refractivity contribution in [1.82, 2.24) is 9.13 Å². The maximum absolute atomic E-state index is 14.0. The maximum Gasteiger partial charge on any atom is 0.337 e. The topological polar surface area (TPSA) is 84.0 Å².